The molecule has 0 amide bonds. The molecule has 0 spiro atoms. The topological polar surface area (TPSA) is 35.7 Å². The van der Waals surface area contributed by atoms with Gasteiger partial charge in [-0.25, -0.2) is 18.8 Å². The van der Waals surface area contributed by atoms with Crippen molar-refractivity contribution >= 4 is 0 Å². The SMILES string of the molecule is CN(C)N1CCCN([C@H]2CCCC(F)(F)[C@@H]2N)CC1. The van der Waals surface area contributed by atoms with E-state index in [9.17, 15) is 8.78 Å². The highest BCUT2D eigenvalue weighted by Gasteiger charge is 2.46. The Kier molecular flexibility index (Phi) is 4.76. The van der Waals surface area contributed by atoms with Gasteiger partial charge in [0.05, 0.1) is 6.04 Å². The Hall–Kier alpha value is -0.300. The van der Waals surface area contributed by atoms with Crippen molar-refractivity contribution in [2.24, 2.45) is 5.73 Å². The summed E-state index contributed by atoms with van der Waals surface area (Å²) < 4.78 is 27.5. The fourth-order valence-electron chi connectivity index (χ4n) is 3.24. The fourth-order valence-corrected chi connectivity index (χ4v) is 3.24. The predicted octanol–water partition coefficient (Wildman–Crippen LogP) is 0.986. The molecular weight excluding hydrogens is 250 g/mol. The van der Waals surface area contributed by atoms with E-state index in [0.29, 0.717) is 6.42 Å². The van der Waals surface area contributed by atoms with Crippen LogP contribution >= 0.6 is 0 Å². The highest BCUT2D eigenvalue weighted by Crippen LogP contribution is 2.34. The van der Waals surface area contributed by atoms with E-state index in [0.717, 1.165) is 39.0 Å². The molecule has 0 aromatic heterocycles. The molecule has 1 heterocycles. The minimum atomic E-state index is -2.70. The van der Waals surface area contributed by atoms with Crippen molar-refractivity contribution in [2.75, 3.05) is 40.3 Å². The van der Waals surface area contributed by atoms with Crippen LogP contribution in [-0.2, 0) is 0 Å². The predicted molar refractivity (Wildman–Crippen MR) is 72.0 cm³/mol. The van der Waals surface area contributed by atoms with E-state index in [-0.39, 0.29) is 12.5 Å². The van der Waals surface area contributed by atoms with Crippen molar-refractivity contribution in [3.8, 4) is 0 Å². The zero-order chi connectivity index (χ0) is 14.0. The number of nitrogens with zero attached hydrogens (tertiary/aromatic N) is 3. The molecule has 2 fully saturated rings. The summed E-state index contributed by atoms with van der Waals surface area (Å²) in [6.45, 7) is 3.58. The Morgan fingerprint density at radius 1 is 1.11 bits per heavy atom. The van der Waals surface area contributed by atoms with Gasteiger partial charge in [-0.15, -0.1) is 0 Å². The van der Waals surface area contributed by atoms with Gasteiger partial charge in [-0.05, 0) is 25.8 Å². The largest absolute Gasteiger partial charge is 0.321 e. The molecule has 0 radical (unpaired) electrons. The number of halogens is 2. The molecule has 0 aromatic carbocycles. The van der Waals surface area contributed by atoms with E-state index in [1.54, 1.807) is 0 Å². The molecule has 1 aliphatic heterocycles. The van der Waals surface area contributed by atoms with Gasteiger partial charge in [0.2, 0.25) is 0 Å². The third kappa shape index (κ3) is 3.42. The number of rotatable bonds is 2. The van der Waals surface area contributed by atoms with Crippen LogP contribution in [0.5, 0.6) is 0 Å². The second-order valence-electron chi connectivity index (χ2n) is 5.94. The van der Waals surface area contributed by atoms with E-state index in [2.05, 4.69) is 14.9 Å². The quantitative estimate of drug-likeness (QED) is 0.816. The minimum Gasteiger partial charge on any atom is -0.321 e. The first-order valence-electron chi connectivity index (χ1n) is 7.21. The molecule has 19 heavy (non-hydrogen) atoms. The Bertz CT molecular complexity index is 298. The van der Waals surface area contributed by atoms with Crippen molar-refractivity contribution in [1.29, 1.82) is 0 Å². The van der Waals surface area contributed by atoms with Crippen molar-refractivity contribution in [3.63, 3.8) is 0 Å². The first-order chi connectivity index (χ1) is 8.92. The Morgan fingerprint density at radius 2 is 1.84 bits per heavy atom. The average molecular weight is 276 g/mol. The van der Waals surface area contributed by atoms with Gasteiger partial charge in [0.1, 0.15) is 0 Å². The number of hydrazine groups is 1. The first-order valence-corrected chi connectivity index (χ1v) is 7.21. The molecule has 0 bridgehead atoms. The van der Waals surface area contributed by atoms with Crippen molar-refractivity contribution in [3.05, 3.63) is 0 Å². The van der Waals surface area contributed by atoms with E-state index in [4.69, 9.17) is 5.73 Å². The van der Waals surface area contributed by atoms with Gasteiger partial charge in [-0.3, -0.25) is 4.90 Å². The Labute approximate surface area is 114 Å². The lowest BCUT2D eigenvalue weighted by Gasteiger charge is -2.41. The summed E-state index contributed by atoms with van der Waals surface area (Å²) in [5.41, 5.74) is 5.82. The van der Waals surface area contributed by atoms with E-state index in [1.807, 2.05) is 14.1 Å². The second-order valence-corrected chi connectivity index (χ2v) is 5.94. The second kappa shape index (κ2) is 5.99. The van der Waals surface area contributed by atoms with Crippen molar-refractivity contribution in [1.82, 2.24) is 14.9 Å². The lowest BCUT2D eigenvalue weighted by Crippen LogP contribution is -2.59. The molecule has 1 aliphatic carbocycles. The van der Waals surface area contributed by atoms with Crippen LogP contribution < -0.4 is 5.73 Å². The van der Waals surface area contributed by atoms with E-state index in [1.165, 1.54) is 0 Å². The highest BCUT2D eigenvalue weighted by molar-refractivity contribution is 4.96. The van der Waals surface area contributed by atoms with E-state index < -0.39 is 12.0 Å². The van der Waals surface area contributed by atoms with Crippen LogP contribution in [0.1, 0.15) is 25.7 Å². The maximum Gasteiger partial charge on any atom is 0.264 e. The smallest absolute Gasteiger partial charge is 0.264 e. The summed E-state index contributed by atoms with van der Waals surface area (Å²) >= 11 is 0. The molecule has 2 N–H and O–H groups in total. The van der Waals surface area contributed by atoms with Crippen LogP contribution in [0.25, 0.3) is 0 Å². The summed E-state index contributed by atoms with van der Waals surface area (Å²) in [5, 5.41) is 4.34. The standard InChI is InChI=1S/C13H26F2N4/c1-17(2)19-8-4-7-18(9-10-19)11-5-3-6-13(14,15)12(11)16/h11-12H,3-10,16H2,1-2H3/t11-,12+/m0/s1. The number of alkyl halides is 2. The first kappa shape index (κ1) is 15.1. The summed E-state index contributed by atoms with van der Waals surface area (Å²) in [6.07, 6.45) is 2.34. The van der Waals surface area contributed by atoms with Crippen molar-refractivity contribution < 1.29 is 8.78 Å². The zero-order valence-electron chi connectivity index (χ0n) is 12.0. The summed E-state index contributed by atoms with van der Waals surface area (Å²) in [4.78, 5) is 2.18. The van der Waals surface area contributed by atoms with E-state index >= 15 is 0 Å². The molecule has 112 valence electrons. The van der Waals surface area contributed by atoms with Crippen LogP contribution in [0.2, 0.25) is 0 Å². The van der Waals surface area contributed by atoms with Gasteiger partial charge in [-0.1, -0.05) is 0 Å². The number of hydrogen-bond acceptors (Lipinski definition) is 4. The highest BCUT2D eigenvalue weighted by atomic mass is 19.3. The molecule has 0 unspecified atom stereocenters. The maximum absolute atomic E-state index is 13.7. The van der Waals surface area contributed by atoms with Gasteiger partial charge in [0, 0.05) is 46.2 Å². The number of nitrogens with two attached hydrogens (primary N) is 1. The summed E-state index contributed by atoms with van der Waals surface area (Å²) in [5.74, 6) is -2.70. The van der Waals surface area contributed by atoms with Gasteiger partial charge >= 0.3 is 0 Å². The van der Waals surface area contributed by atoms with Crippen molar-refractivity contribution in [2.45, 2.75) is 43.7 Å². The lowest BCUT2D eigenvalue weighted by atomic mass is 9.86. The van der Waals surface area contributed by atoms with Gasteiger partial charge in [-0.2, -0.15) is 0 Å². The molecule has 2 atom stereocenters. The van der Waals surface area contributed by atoms with Crippen LogP contribution in [0.3, 0.4) is 0 Å². The normalized spacial score (nSPS) is 34.4. The molecule has 2 aliphatic rings. The minimum absolute atomic E-state index is 0.0532. The Morgan fingerprint density at radius 3 is 2.53 bits per heavy atom. The molecular formula is C13H26F2N4. The zero-order valence-corrected chi connectivity index (χ0v) is 12.0. The van der Waals surface area contributed by atoms with Crippen LogP contribution in [0, 0.1) is 0 Å². The summed E-state index contributed by atoms with van der Waals surface area (Å²) in [7, 11) is 4.05. The van der Waals surface area contributed by atoms with Crippen LogP contribution in [-0.4, -0.2) is 73.2 Å². The maximum atomic E-state index is 13.7. The molecule has 6 heteroatoms. The van der Waals surface area contributed by atoms with Gasteiger partial charge in [0.15, 0.2) is 0 Å². The fraction of sp³-hybridized carbons (Fsp3) is 1.00. The van der Waals surface area contributed by atoms with Gasteiger partial charge < -0.3 is 5.73 Å². The third-order valence-corrected chi connectivity index (χ3v) is 4.45. The number of hydrogen-bond donors (Lipinski definition) is 1. The summed E-state index contributed by atoms with van der Waals surface area (Å²) in [6, 6.07) is -1.17. The monoisotopic (exact) mass is 276 g/mol. The molecule has 2 rings (SSSR count). The lowest BCUT2D eigenvalue weighted by molar-refractivity contribution is -0.0827. The molecule has 1 saturated carbocycles. The van der Waals surface area contributed by atoms with Gasteiger partial charge in [0.25, 0.3) is 5.92 Å². The molecule has 1 saturated heterocycles. The average Bonchev–Trinajstić information content (AvgIpc) is 2.58. The third-order valence-electron chi connectivity index (χ3n) is 4.45. The van der Waals surface area contributed by atoms with Crippen LogP contribution in [0.15, 0.2) is 0 Å². The molecule has 0 aromatic rings. The Balaban J connectivity index is 1.98. The molecule has 4 nitrogen and oxygen atoms in total. The van der Waals surface area contributed by atoms with Crippen LogP contribution in [0.4, 0.5) is 8.78 Å².